The van der Waals surface area contributed by atoms with Crippen molar-refractivity contribution in [1.82, 2.24) is 4.98 Å². The van der Waals surface area contributed by atoms with Gasteiger partial charge in [-0.1, -0.05) is 12.1 Å². The number of nitrogens with zero attached hydrogens (tertiary/aromatic N) is 2. The molecule has 0 fully saturated rings. The number of aryl methyl sites for hydroxylation is 2. The van der Waals surface area contributed by atoms with Gasteiger partial charge in [0.05, 0.1) is 22.1 Å². The van der Waals surface area contributed by atoms with E-state index in [1.54, 1.807) is 4.90 Å². The zero-order chi connectivity index (χ0) is 13.6. The van der Waals surface area contributed by atoms with Crippen LogP contribution in [0.1, 0.15) is 25.9 Å². The Hall–Kier alpha value is -1.88. The first kappa shape index (κ1) is 12.2. The summed E-state index contributed by atoms with van der Waals surface area (Å²) in [5.74, 6) is 0.0137. The lowest BCUT2D eigenvalue weighted by Gasteiger charge is -2.18. The Morgan fingerprint density at radius 2 is 2.21 bits per heavy atom. The number of aromatic nitrogens is 1. The minimum Gasteiger partial charge on any atom is -0.397 e. The van der Waals surface area contributed by atoms with Gasteiger partial charge in [-0.2, -0.15) is 0 Å². The van der Waals surface area contributed by atoms with Crippen LogP contribution in [0.3, 0.4) is 0 Å². The molecule has 0 spiro atoms. The fourth-order valence-electron chi connectivity index (χ4n) is 2.54. The van der Waals surface area contributed by atoms with E-state index in [0.717, 1.165) is 28.4 Å². The number of amides is 1. The molecule has 1 amide bonds. The fourth-order valence-corrected chi connectivity index (χ4v) is 3.41. The van der Waals surface area contributed by atoms with Crippen LogP contribution in [-0.4, -0.2) is 17.4 Å². The van der Waals surface area contributed by atoms with Crippen LogP contribution in [0.15, 0.2) is 18.2 Å². The standard InChI is InChI=1S/C14H15N3OS/c1-8-13(19-9(2)16-8)14(18)17-7-6-10-4-3-5-11(15)12(10)17/h3-5H,6-7,15H2,1-2H3. The lowest BCUT2D eigenvalue weighted by atomic mass is 10.1. The van der Waals surface area contributed by atoms with Crippen LogP contribution in [0.2, 0.25) is 0 Å². The molecule has 0 unspecified atom stereocenters. The molecule has 4 nitrogen and oxygen atoms in total. The highest BCUT2D eigenvalue weighted by Crippen LogP contribution is 2.35. The monoisotopic (exact) mass is 273 g/mol. The fraction of sp³-hybridized carbons (Fsp3) is 0.286. The van der Waals surface area contributed by atoms with E-state index in [1.165, 1.54) is 11.3 Å². The summed E-state index contributed by atoms with van der Waals surface area (Å²) in [6, 6.07) is 5.81. The number of rotatable bonds is 1. The summed E-state index contributed by atoms with van der Waals surface area (Å²) in [4.78, 5) is 19.5. The summed E-state index contributed by atoms with van der Waals surface area (Å²) in [7, 11) is 0. The van der Waals surface area contributed by atoms with Gasteiger partial charge in [0.15, 0.2) is 0 Å². The second-order valence-electron chi connectivity index (χ2n) is 4.71. The molecule has 98 valence electrons. The quantitative estimate of drug-likeness (QED) is 0.812. The largest absolute Gasteiger partial charge is 0.397 e. The number of fused-ring (bicyclic) bond motifs is 1. The third-order valence-corrected chi connectivity index (χ3v) is 4.43. The molecule has 1 aliphatic rings. The smallest absolute Gasteiger partial charge is 0.270 e. The van der Waals surface area contributed by atoms with E-state index in [9.17, 15) is 4.79 Å². The number of nitrogens with two attached hydrogens (primary N) is 1. The highest BCUT2D eigenvalue weighted by molar-refractivity contribution is 7.13. The molecule has 5 heteroatoms. The maximum atomic E-state index is 12.6. The van der Waals surface area contributed by atoms with Crippen LogP contribution in [0.4, 0.5) is 11.4 Å². The summed E-state index contributed by atoms with van der Waals surface area (Å²) in [5, 5.41) is 0.918. The van der Waals surface area contributed by atoms with E-state index in [-0.39, 0.29) is 5.91 Å². The van der Waals surface area contributed by atoms with Gasteiger partial charge in [0.1, 0.15) is 4.88 Å². The van der Waals surface area contributed by atoms with E-state index >= 15 is 0 Å². The summed E-state index contributed by atoms with van der Waals surface area (Å²) >= 11 is 1.45. The molecule has 0 saturated carbocycles. The highest BCUT2D eigenvalue weighted by Gasteiger charge is 2.29. The summed E-state index contributed by atoms with van der Waals surface area (Å²) in [5.41, 5.74) is 9.50. The van der Waals surface area contributed by atoms with Gasteiger partial charge >= 0.3 is 0 Å². The maximum Gasteiger partial charge on any atom is 0.270 e. The number of benzene rings is 1. The Morgan fingerprint density at radius 3 is 2.89 bits per heavy atom. The SMILES string of the molecule is Cc1nc(C)c(C(=O)N2CCc3cccc(N)c32)s1. The van der Waals surface area contributed by atoms with Crippen molar-refractivity contribution < 1.29 is 4.79 Å². The Balaban J connectivity index is 2.02. The number of carbonyl (C=O) groups excluding carboxylic acids is 1. The van der Waals surface area contributed by atoms with Crippen molar-refractivity contribution in [2.75, 3.05) is 17.2 Å². The predicted molar refractivity (Wildman–Crippen MR) is 77.8 cm³/mol. The first-order valence-electron chi connectivity index (χ1n) is 6.21. The Morgan fingerprint density at radius 1 is 1.42 bits per heavy atom. The van der Waals surface area contributed by atoms with Crippen LogP contribution in [-0.2, 0) is 6.42 Å². The molecule has 1 aromatic carbocycles. The molecule has 2 aromatic rings. The Bertz CT molecular complexity index is 663. The molecule has 1 aromatic heterocycles. The molecule has 2 N–H and O–H groups in total. The first-order valence-corrected chi connectivity index (χ1v) is 7.03. The number of thiazole rings is 1. The highest BCUT2D eigenvalue weighted by atomic mass is 32.1. The van der Waals surface area contributed by atoms with Crippen molar-refractivity contribution in [3.05, 3.63) is 39.3 Å². The number of hydrogen-bond acceptors (Lipinski definition) is 4. The van der Waals surface area contributed by atoms with Crippen LogP contribution < -0.4 is 10.6 Å². The Kier molecular flexibility index (Phi) is 2.78. The third-order valence-electron chi connectivity index (χ3n) is 3.37. The summed E-state index contributed by atoms with van der Waals surface area (Å²) < 4.78 is 0. The van der Waals surface area contributed by atoms with Gasteiger partial charge in [0, 0.05) is 6.54 Å². The van der Waals surface area contributed by atoms with Gasteiger partial charge in [-0.05, 0) is 31.9 Å². The summed E-state index contributed by atoms with van der Waals surface area (Å²) in [6.07, 6.45) is 0.864. The molecular formula is C14H15N3OS. The van der Waals surface area contributed by atoms with Crippen molar-refractivity contribution >= 4 is 28.6 Å². The second-order valence-corrected chi connectivity index (χ2v) is 5.91. The predicted octanol–water partition coefficient (Wildman–Crippen LogP) is 2.55. The molecule has 19 heavy (non-hydrogen) atoms. The topological polar surface area (TPSA) is 59.2 Å². The van der Waals surface area contributed by atoms with Crippen molar-refractivity contribution in [3.63, 3.8) is 0 Å². The van der Waals surface area contributed by atoms with Crippen molar-refractivity contribution in [1.29, 1.82) is 0 Å². The van der Waals surface area contributed by atoms with E-state index in [0.29, 0.717) is 17.1 Å². The minimum atomic E-state index is 0.0137. The second kappa shape index (κ2) is 4.35. The van der Waals surface area contributed by atoms with Crippen molar-refractivity contribution in [2.45, 2.75) is 20.3 Å². The first-order chi connectivity index (χ1) is 9.08. The van der Waals surface area contributed by atoms with Gasteiger partial charge in [0.25, 0.3) is 5.91 Å². The van der Waals surface area contributed by atoms with E-state index in [2.05, 4.69) is 4.98 Å². The minimum absolute atomic E-state index is 0.0137. The Labute approximate surface area is 115 Å². The van der Waals surface area contributed by atoms with Crippen LogP contribution in [0.5, 0.6) is 0 Å². The van der Waals surface area contributed by atoms with Crippen LogP contribution >= 0.6 is 11.3 Å². The lowest BCUT2D eigenvalue weighted by Crippen LogP contribution is -2.29. The van der Waals surface area contributed by atoms with E-state index < -0.39 is 0 Å². The molecule has 0 aliphatic carbocycles. The van der Waals surface area contributed by atoms with Gasteiger partial charge in [0.2, 0.25) is 0 Å². The zero-order valence-corrected chi connectivity index (χ0v) is 11.8. The molecule has 1 aliphatic heterocycles. The molecule has 3 rings (SSSR count). The van der Waals surface area contributed by atoms with Crippen molar-refractivity contribution in [2.24, 2.45) is 0 Å². The number of carbonyl (C=O) groups is 1. The molecule has 2 heterocycles. The molecule has 0 atom stereocenters. The lowest BCUT2D eigenvalue weighted by molar-refractivity contribution is 0.0992. The number of anilines is 2. The average Bonchev–Trinajstić information content (AvgIpc) is 2.93. The molecule has 0 bridgehead atoms. The van der Waals surface area contributed by atoms with Crippen LogP contribution in [0.25, 0.3) is 0 Å². The number of hydrogen-bond donors (Lipinski definition) is 1. The van der Waals surface area contributed by atoms with Gasteiger partial charge in [-0.25, -0.2) is 4.98 Å². The summed E-state index contributed by atoms with van der Waals surface area (Å²) in [6.45, 7) is 4.49. The molecular weight excluding hydrogens is 258 g/mol. The van der Waals surface area contributed by atoms with E-state index in [1.807, 2.05) is 32.0 Å². The van der Waals surface area contributed by atoms with Crippen LogP contribution in [0, 0.1) is 13.8 Å². The van der Waals surface area contributed by atoms with Gasteiger partial charge in [-0.3, -0.25) is 4.79 Å². The maximum absolute atomic E-state index is 12.6. The zero-order valence-electron chi connectivity index (χ0n) is 10.9. The third kappa shape index (κ3) is 1.90. The van der Waals surface area contributed by atoms with E-state index in [4.69, 9.17) is 5.73 Å². The molecule has 0 saturated heterocycles. The van der Waals surface area contributed by atoms with Crippen molar-refractivity contribution in [3.8, 4) is 0 Å². The number of para-hydroxylation sites is 1. The van der Waals surface area contributed by atoms with Gasteiger partial charge < -0.3 is 10.6 Å². The van der Waals surface area contributed by atoms with Gasteiger partial charge in [-0.15, -0.1) is 11.3 Å². The molecule has 0 radical (unpaired) electrons. The average molecular weight is 273 g/mol. The normalized spacial score (nSPS) is 13.7. The number of nitrogen functional groups attached to an aromatic ring is 1.